The number of thiophene rings is 1. The number of carbonyl (C=O) groups excluding carboxylic acids is 1. The lowest BCUT2D eigenvalue weighted by Crippen LogP contribution is -2.34. The third kappa shape index (κ3) is 3.95. The first-order valence-corrected chi connectivity index (χ1v) is 9.97. The number of hydrogen-bond donors (Lipinski definition) is 2. The van der Waals surface area contributed by atoms with E-state index in [0.717, 1.165) is 22.6 Å². The zero-order valence-electron chi connectivity index (χ0n) is 12.9. The van der Waals surface area contributed by atoms with Crippen molar-refractivity contribution in [3.63, 3.8) is 0 Å². The first-order chi connectivity index (χ1) is 11.6. The van der Waals surface area contributed by atoms with Gasteiger partial charge < -0.3 is 10.1 Å². The lowest BCUT2D eigenvalue weighted by Gasteiger charge is -2.26. The van der Waals surface area contributed by atoms with Gasteiger partial charge in [-0.2, -0.15) is 0 Å². The molecule has 1 amide bonds. The summed E-state index contributed by atoms with van der Waals surface area (Å²) in [6.07, 6.45) is 0.786. The van der Waals surface area contributed by atoms with E-state index in [1.165, 1.54) is 6.07 Å². The second kappa shape index (κ2) is 7.33. The molecule has 0 bridgehead atoms. The van der Waals surface area contributed by atoms with Crippen molar-refractivity contribution in [1.29, 1.82) is 0 Å². The van der Waals surface area contributed by atoms with Crippen LogP contribution >= 0.6 is 11.3 Å². The second-order valence-electron chi connectivity index (χ2n) is 5.37. The van der Waals surface area contributed by atoms with Gasteiger partial charge in [0, 0.05) is 24.9 Å². The number of hydrogen-bond acceptors (Lipinski definition) is 5. The highest BCUT2D eigenvalue weighted by Crippen LogP contribution is 2.31. The summed E-state index contributed by atoms with van der Waals surface area (Å²) in [4.78, 5) is 12.1. The molecule has 0 aliphatic carbocycles. The summed E-state index contributed by atoms with van der Waals surface area (Å²) in [6, 6.07) is 10.7. The molecule has 2 N–H and O–H groups in total. The van der Waals surface area contributed by atoms with Gasteiger partial charge in [0.25, 0.3) is 0 Å². The van der Waals surface area contributed by atoms with Crippen LogP contribution in [0.15, 0.2) is 46.0 Å². The normalized spacial score (nSPS) is 16.9. The van der Waals surface area contributed by atoms with E-state index in [4.69, 9.17) is 4.74 Å². The van der Waals surface area contributed by atoms with Gasteiger partial charge in [0.15, 0.2) is 0 Å². The molecule has 128 valence electrons. The summed E-state index contributed by atoms with van der Waals surface area (Å²) in [5.41, 5.74) is 0.955. The van der Waals surface area contributed by atoms with Gasteiger partial charge in [-0.05, 0) is 17.5 Å². The Morgan fingerprint density at radius 3 is 2.88 bits per heavy atom. The Hall–Kier alpha value is -1.90. The highest BCUT2D eigenvalue weighted by molar-refractivity contribution is 7.91. The predicted molar refractivity (Wildman–Crippen MR) is 91.6 cm³/mol. The standard InChI is InChI=1S/C16H18N2O4S2/c19-15(7-9-17-24(20,21)16-6-3-11-23-16)18-13-8-10-22-14-5-2-1-4-12(13)14/h1-6,11,13,17H,7-10H2,(H,18,19). The largest absolute Gasteiger partial charge is 0.493 e. The topological polar surface area (TPSA) is 84.5 Å². The van der Waals surface area contributed by atoms with Crippen LogP contribution in [0.5, 0.6) is 5.75 Å². The number of amides is 1. The minimum Gasteiger partial charge on any atom is -0.493 e. The van der Waals surface area contributed by atoms with Crippen LogP contribution in [0.3, 0.4) is 0 Å². The number of sulfonamides is 1. The molecule has 1 aliphatic rings. The van der Waals surface area contributed by atoms with Crippen molar-refractivity contribution in [3.05, 3.63) is 47.3 Å². The molecule has 3 rings (SSSR count). The minimum absolute atomic E-state index is 0.0664. The molecule has 0 fully saturated rings. The van der Waals surface area contributed by atoms with Gasteiger partial charge >= 0.3 is 0 Å². The highest BCUT2D eigenvalue weighted by atomic mass is 32.2. The Balaban J connectivity index is 1.52. The number of fused-ring (bicyclic) bond motifs is 1. The van der Waals surface area contributed by atoms with Crippen molar-refractivity contribution in [1.82, 2.24) is 10.0 Å². The SMILES string of the molecule is O=C(CCNS(=O)(=O)c1cccs1)NC1CCOc2ccccc21. The molecule has 1 aromatic carbocycles. The Morgan fingerprint density at radius 2 is 2.08 bits per heavy atom. The molecule has 0 radical (unpaired) electrons. The van der Waals surface area contributed by atoms with Crippen LogP contribution < -0.4 is 14.8 Å². The number of rotatable bonds is 6. The molecule has 0 saturated heterocycles. The first kappa shape index (κ1) is 16.9. The zero-order chi connectivity index (χ0) is 17.0. The fraction of sp³-hybridized carbons (Fsp3) is 0.312. The minimum atomic E-state index is -3.53. The number of benzene rings is 1. The Kier molecular flexibility index (Phi) is 5.17. The molecule has 0 saturated carbocycles. The van der Waals surface area contributed by atoms with Crippen LogP contribution in [0.2, 0.25) is 0 Å². The number of ether oxygens (including phenoxy) is 1. The van der Waals surface area contributed by atoms with E-state index in [1.54, 1.807) is 11.4 Å². The van der Waals surface area contributed by atoms with Crippen LogP contribution in [0, 0.1) is 0 Å². The maximum atomic E-state index is 12.1. The summed E-state index contributed by atoms with van der Waals surface area (Å²) in [6.45, 7) is 0.615. The lowest BCUT2D eigenvalue weighted by atomic mass is 10.0. The smallest absolute Gasteiger partial charge is 0.250 e. The summed E-state index contributed by atoms with van der Waals surface area (Å²) in [5, 5.41) is 4.64. The van der Waals surface area contributed by atoms with Crippen LogP contribution in [-0.2, 0) is 14.8 Å². The summed E-state index contributed by atoms with van der Waals surface area (Å²) < 4.78 is 32.2. The zero-order valence-corrected chi connectivity index (χ0v) is 14.5. The van der Waals surface area contributed by atoms with Crippen molar-refractivity contribution in [2.45, 2.75) is 23.1 Å². The van der Waals surface area contributed by atoms with Crippen molar-refractivity contribution in [3.8, 4) is 5.75 Å². The molecular formula is C16H18N2O4S2. The van der Waals surface area contributed by atoms with E-state index in [0.29, 0.717) is 13.0 Å². The quantitative estimate of drug-likeness (QED) is 0.820. The average molecular weight is 366 g/mol. The van der Waals surface area contributed by atoms with Gasteiger partial charge in [-0.15, -0.1) is 11.3 Å². The van der Waals surface area contributed by atoms with Crippen LogP contribution in [0.1, 0.15) is 24.4 Å². The molecule has 2 heterocycles. The van der Waals surface area contributed by atoms with Crippen LogP contribution in [0.4, 0.5) is 0 Å². The molecule has 1 atom stereocenters. The monoisotopic (exact) mass is 366 g/mol. The summed E-state index contributed by atoms with van der Waals surface area (Å²) >= 11 is 1.14. The van der Waals surface area contributed by atoms with Gasteiger partial charge in [-0.25, -0.2) is 13.1 Å². The first-order valence-electron chi connectivity index (χ1n) is 7.60. The molecule has 1 aliphatic heterocycles. The van der Waals surface area contributed by atoms with Gasteiger partial charge in [0.1, 0.15) is 9.96 Å². The average Bonchev–Trinajstić information content (AvgIpc) is 3.10. The highest BCUT2D eigenvalue weighted by Gasteiger charge is 2.22. The number of nitrogens with one attached hydrogen (secondary N) is 2. The Labute approximate surface area is 144 Å². The van der Waals surface area contributed by atoms with E-state index in [9.17, 15) is 13.2 Å². The van der Waals surface area contributed by atoms with E-state index >= 15 is 0 Å². The van der Waals surface area contributed by atoms with E-state index in [1.807, 2.05) is 24.3 Å². The number of para-hydroxylation sites is 1. The van der Waals surface area contributed by atoms with Crippen molar-refractivity contribution >= 4 is 27.3 Å². The van der Waals surface area contributed by atoms with Crippen molar-refractivity contribution < 1.29 is 17.9 Å². The van der Waals surface area contributed by atoms with Crippen LogP contribution in [0.25, 0.3) is 0 Å². The molecule has 6 nitrogen and oxygen atoms in total. The fourth-order valence-corrected chi connectivity index (χ4v) is 4.61. The maximum absolute atomic E-state index is 12.1. The molecular weight excluding hydrogens is 348 g/mol. The predicted octanol–water partition coefficient (Wildman–Crippen LogP) is 2.06. The van der Waals surface area contributed by atoms with Gasteiger partial charge in [-0.1, -0.05) is 24.3 Å². The van der Waals surface area contributed by atoms with Crippen molar-refractivity contribution in [2.75, 3.05) is 13.2 Å². The molecule has 8 heteroatoms. The van der Waals surface area contributed by atoms with Gasteiger partial charge in [0.2, 0.25) is 15.9 Å². The van der Waals surface area contributed by atoms with E-state index in [2.05, 4.69) is 10.0 Å². The third-order valence-electron chi connectivity index (χ3n) is 3.70. The number of carbonyl (C=O) groups is 1. The molecule has 24 heavy (non-hydrogen) atoms. The molecule has 1 aromatic heterocycles. The summed E-state index contributed by atoms with van der Waals surface area (Å²) in [5.74, 6) is 0.595. The summed E-state index contributed by atoms with van der Waals surface area (Å²) in [7, 11) is -3.53. The third-order valence-corrected chi connectivity index (χ3v) is 6.56. The molecule has 0 spiro atoms. The molecule has 1 unspecified atom stereocenters. The van der Waals surface area contributed by atoms with E-state index < -0.39 is 10.0 Å². The van der Waals surface area contributed by atoms with Gasteiger partial charge in [-0.3, -0.25) is 4.79 Å². The second-order valence-corrected chi connectivity index (χ2v) is 8.32. The lowest BCUT2D eigenvalue weighted by molar-refractivity contribution is -0.121. The Bertz CT molecular complexity index is 803. The Morgan fingerprint density at radius 1 is 1.25 bits per heavy atom. The molecule has 2 aromatic rings. The van der Waals surface area contributed by atoms with Gasteiger partial charge in [0.05, 0.1) is 12.6 Å². The van der Waals surface area contributed by atoms with E-state index in [-0.39, 0.29) is 29.1 Å². The maximum Gasteiger partial charge on any atom is 0.250 e. The fourth-order valence-electron chi connectivity index (χ4n) is 2.54. The van der Waals surface area contributed by atoms with Crippen LogP contribution in [-0.4, -0.2) is 27.5 Å². The van der Waals surface area contributed by atoms with Crippen molar-refractivity contribution in [2.24, 2.45) is 0 Å².